The van der Waals surface area contributed by atoms with Gasteiger partial charge < -0.3 is 38.5 Å². The minimum Gasteiger partial charge on any atom is -1.00 e. The lowest BCUT2D eigenvalue weighted by Crippen LogP contribution is -3.00. The number of rotatable bonds is 8. The van der Waals surface area contributed by atoms with E-state index in [1.54, 1.807) is 0 Å². The van der Waals surface area contributed by atoms with E-state index < -0.39 is 11.9 Å². The van der Waals surface area contributed by atoms with Gasteiger partial charge in [-0.25, -0.2) is 9.18 Å². The van der Waals surface area contributed by atoms with E-state index >= 15 is 0 Å². The Morgan fingerprint density at radius 2 is 1.69 bits per heavy atom. The van der Waals surface area contributed by atoms with Crippen molar-refractivity contribution in [1.82, 2.24) is 0 Å². The molecule has 0 unspecified atom stereocenters. The van der Waals surface area contributed by atoms with Gasteiger partial charge in [-0.3, -0.25) is 14.9 Å². The largest absolute Gasteiger partial charge is 1.00 e. The van der Waals surface area contributed by atoms with Gasteiger partial charge in [-0.15, -0.1) is 0 Å². The van der Waals surface area contributed by atoms with Crippen LogP contribution in [0, 0.1) is 5.82 Å². The fourth-order valence-electron chi connectivity index (χ4n) is 4.55. The monoisotopic (exact) mass is 645 g/mol. The van der Waals surface area contributed by atoms with Crippen LogP contribution in [0.5, 0.6) is 0 Å². The summed E-state index contributed by atoms with van der Waals surface area (Å²) in [4.78, 5) is 36.1. The predicted molar refractivity (Wildman–Crippen MR) is 146 cm³/mol. The summed E-state index contributed by atoms with van der Waals surface area (Å²) in [6, 6.07) is 19.3. The molecule has 3 aromatic rings. The molecule has 7 nitrogen and oxygen atoms in total. The van der Waals surface area contributed by atoms with Crippen LogP contribution in [-0.4, -0.2) is 56.1 Å². The Balaban J connectivity index is 0.00000420. The number of nitrogens with zero attached hydrogens (tertiary/aromatic N) is 1. The fourth-order valence-corrected chi connectivity index (χ4v) is 4.55. The minimum absolute atomic E-state index is 0. The molecule has 0 aliphatic carbocycles. The predicted octanol–water partition coefficient (Wildman–Crippen LogP) is 2.67. The molecular formula is C30H33FIN3O4. The number of carbonyl (C=O) groups is 3. The first-order chi connectivity index (χ1) is 18.2. The lowest BCUT2D eigenvalue weighted by Gasteiger charge is -2.36. The van der Waals surface area contributed by atoms with Crippen LogP contribution in [0.3, 0.4) is 0 Å². The number of hydrogen-bond donors (Lipinski definition) is 2. The van der Waals surface area contributed by atoms with Gasteiger partial charge in [-0.2, -0.15) is 0 Å². The summed E-state index contributed by atoms with van der Waals surface area (Å²) in [5, 5.41) is 5.46. The number of ether oxygens (including phenoxy) is 1. The topological polar surface area (TPSA) is 84.5 Å². The number of nitrogens with one attached hydrogen (secondary N) is 2. The molecule has 206 valence electrons. The standard InChI is InChI=1S/C30H32FN3O4.HI/c1-34(2)16-14-24(15-17-34)38-30(37)33-28-19-21(8-11-25(28)23-6-4-3-5-7-23)10-13-29(36)32-27-12-9-22(20-35)18-26(27)31;/h3-9,11-12,18-20,24H,10,13-17H2,1-2H3,(H-,32,33,35,36,37);1H. The summed E-state index contributed by atoms with van der Waals surface area (Å²) in [6.07, 6.45) is 2.06. The van der Waals surface area contributed by atoms with Gasteiger partial charge in [-0.05, 0) is 41.8 Å². The molecule has 1 aliphatic rings. The number of likely N-dealkylation sites (tertiary alicyclic amines) is 1. The lowest BCUT2D eigenvalue weighted by atomic mass is 9.99. The average Bonchev–Trinajstić information content (AvgIpc) is 2.90. The molecule has 1 aliphatic heterocycles. The van der Waals surface area contributed by atoms with Gasteiger partial charge in [0.25, 0.3) is 0 Å². The van der Waals surface area contributed by atoms with Crippen LogP contribution in [-0.2, 0) is 16.0 Å². The van der Waals surface area contributed by atoms with Crippen LogP contribution >= 0.6 is 0 Å². The number of quaternary nitrogens is 1. The maximum Gasteiger partial charge on any atom is 0.411 e. The summed E-state index contributed by atoms with van der Waals surface area (Å²) >= 11 is 0. The maximum atomic E-state index is 14.1. The number of hydrogen-bond acceptors (Lipinski definition) is 4. The second-order valence-corrected chi connectivity index (χ2v) is 10.3. The van der Waals surface area contributed by atoms with E-state index in [-0.39, 0.29) is 53.7 Å². The highest BCUT2D eigenvalue weighted by Crippen LogP contribution is 2.30. The van der Waals surface area contributed by atoms with Gasteiger partial charge in [0.2, 0.25) is 5.91 Å². The number of benzene rings is 3. The molecule has 1 heterocycles. The number of halogens is 2. The van der Waals surface area contributed by atoms with Gasteiger partial charge in [0.15, 0.2) is 0 Å². The van der Waals surface area contributed by atoms with Crippen LogP contribution in [0.2, 0.25) is 0 Å². The third-order valence-electron chi connectivity index (χ3n) is 6.84. The van der Waals surface area contributed by atoms with E-state index in [0.717, 1.165) is 53.2 Å². The number of carbonyl (C=O) groups excluding carboxylic acids is 3. The van der Waals surface area contributed by atoms with Crippen LogP contribution in [0.1, 0.15) is 35.2 Å². The zero-order valence-corrected chi connectivity index (χ0v) is 24.2. The van der Waals surface area contributed by atoms with Gasteiger partial charge in [0, 0.05) is 30.4 Å². The lowest BCUT2D eigenvalue weighted by molar-refractivity contribution is -0.896. The highest BCUT2D eigenvalue weighted by atomic mass is 127. The average molecular weight is 646 g/mol. The molecule has 9 heteroatoms. The molecular weight excluding hydrogens is 612 g/mol. The SMILES string of the molecule is C[N+]1(C)CCC(OC(=O)Nc2cc(CCC(=O)Nc3ccc(C=O)cc3F)ccc2-c2ccccc2)CC1.[I-]. The normalized spacial score (nSPS) is 14.5. The number of amides is 2. The number of piperidine rings is 1. The molecule has 3 aromatic carbocycles. The Morgan fingerprint density at radius 1 is 0.974 bits per heavy atom. The first-order valence-electron chi connectivity index (χ1n) is 12.7. The van der Waals surface area contributed by atoms with Crippen LogP contribution in [0.15, 0.2) is 66.7 Å². The van der Waals surface area contributed by atoms with E-state index in [2.05, 4.69) is 24.7 Å². The molecule has 39 heavy (non-hydrogen) atoms. The number of anilines is 2. The van der Waals surface area contributed by atoms with Crippen molar-refractivity contribution < 1.29 is 52.0 Å². The number of aryl methyl sites for hydroxylation is 1. The minimum atomic E-state index is -0.666. The van der Waals surface area contributed by atoms with Crippen LogP contribution < -0.4 is 34.6 Å². The summed E-state index contributed by atoms with van der Waals surface area (Å²) in [7, 11) is 4.35. The summed E-state index contributed by atoms with van der Waals surface area (Å²) in [5.41, 5.74) is 3.44. The molecule has 2 N–H and O–H groups in total. The number of aldehydes is 1. The van der Waals surface area contributed by atoms with Gasteiger partial charge in [-0.1, -0.05) is 42.5 Å². The van der Waals surface area contributed by atoms with Crippen molar-refractivity contribution in [2.75, 3.05) is 37.8 Å². The summed E-state index contributed by atoms with van der Waals surface area (Å²) < 4.78 is 20.8. The third-order valence-corrected chi connectivity index (χ3v) is 6.84. The van der Waals surface area contributed by atoms with Crippen molar-refractivity contribution in [2.45, 2.75) is 31.8 Å². The fraction of sp³-hybridized carbons (Fsp3) is 0.300. The maximum absolute atomic E-state index is 14.1. The van der Waals surface area contributed by atoms with E-state index in [1.807, 2.05) is 48.5 Å². The highest BCUT2D eigenvalue weighted by molar-refractivity contribution is 5.93. The second-order valence-electron chi connectivity index (χ2n) is 10.3. The molecule has 0 radical (unpaired) electrons. The highest BCUT2D eigenvalue weighted by Gasteiger charge is 2.28. The zero-order chi connectivity index (χ0) is 27.1. The van der Waals surface area contributed by atoms with Crippen molar-refractivity contribution in [3.05, 3.63) is 83.7 Å². The first-order valence-corrected chi connectivity index (χ1v) is 12.7. The molecule has 0 saturated carbocycles. The molecule has 0 atom stereocenters. The van der Waals surface area contributed by atoms with E-state index in [9.17, 15) is 18.8 Å². The van der Waals surface area contributed by atoms with E-state index in [4.69, 9.17) is 4.74 Å². The van der Waals surface area contributed by atoms with E-state index in [0.29, 0.717) is 18.4 Å². The molecule has 0 bridgehead atoms. The van der Waals surface area contributed by atoms with Crippen molar-refractivity contribution in [2.24, 2.45) is 0 Å². The van der Waals surface area contributed by atoms with Crippen LogP contribution in [0.4, 0.5) is 20.6 Å². The molecule has 0 spiro atoms. The quantitative estimate of drug-likeness (QED) is 0.224. The Kier molecular flexibility index (Phi) is 10.6. The van der Waals surface area contributed by atoms with Crippen molar-refractivity contribution in [3.8, 4) is 11.1 Å². The molecule has 1 fully saturated rings. The Morgan fingerprint density at radius 3 is 2.36 bits per heavy atom. The zero-order valence-electron chi connectivity index (χ0n) is 22.1. The first kappa shape index (κ1) is 30.2. The smallest absolute Gasteiger partial charge is 0.411 e. The van der Waals surface area contributed by atoms with Crippen LogP contribution in [0.25, 0.3) is 11.1 Å². The van der Waals surface area contributed by atoms with Gasteiger partial charge in [0.05, 0.1) is 38.6 Å². The molecule has 1 saturated heterocycles. The Bertz CT molecular complexity index is 1310. The van der Waals surface area contributed by atoms with Crippen molar-refractivity contribution in [1.29, 1.82) is 0 Å². The Hall–Kier alpha value is -3.31. The van der Waals surface area contributed by atoms with Gasteiger partial charge in [0.1, 0.15) is 18.2 Å². The molecule has 0 aromatic heterocycles. The summed E-state index contributed by atoms with van der Waals surface area (Å²) in [6.45, 7) is 1.91. The van der Waals surface area contributed by atoms with Crippen molar-refractivity contribution >= 4 is 29.7 Å². The molecule has 4 rings (SSSR count). The van der Waals surface area contributed by atoms with E-state index in [1.165, 1.54) is 12.1 Å². The Labute approximate surface area is 245 Å². The molecule has 2 amide bonds. The second kappa shape index (κ2) is 13.7. The third kappa shape index (κ3) is 8.59. The van der Waals surface area contributed by atoms with Gasteiger partial charge >= 0.3 is 6.09 Å². The van der Waals surface area contributed by atoms with Crippen molar-refractivity contribution in [3.63, 3.8) is 0 Å². The summed E-state index contributed by atoms with van der Waals surface area (Å²) in [5.74, 6) is -1.02.